The molecule has 0 saturated heterocycles. The fourth-order valence-corrected chi connectivity index (χ4v) is 4.70. The molecule has 1 aromatic carbocycles. The Morgan fingerprint density at radius 3 is 2.93 bits per heavy atom. The number of aromatic nitrogens is 2. The average molecular weight is 423 g/mol. The molecule has 0 spiro atoms. The largest absolute Gasteiger partial charge is 0.465 e. The number of carbonyl (C=O) groups is 1. The predicted molar refractivity (Wildman–Crippen MR) is 105 cm³/mol. The molecule has 0 amide bonds. The number of nitro benzene ring substituents is 1. The van der Waals surface area contributed by atoms with Gasteiger partial charge in [-0.1, -0.05) is 29.2 Å². The lowest BCUT2D eigenvalue weighted by Crippen LogP contribution is -2.04. The van der Waals surface area contributed by atoms with E-state index in [9.17, 15) is 14.9 Å². The van der Waals surface area contributed by atoms with Crippen molar-refractivity contribution >= 4 is 51.2 Å². The minimum absolute atomic E-state index is 0.124. The van der Waals surface area contributed by atoms with Gasteiger partial charge in [-0.15, -0.1) is 21.5 Å². The molecule has 140 valence electrons. The summed E-state index contributed by atoms with van der Waals surface area (Å²) in [6, 6.07) is 8.16. The maximum atomic E-state index is 12.0. The number of non-ortho nitro benzene ring substituents is 1. The monoisotopic (exact) mass is 422 g/mol. The van der Waals surface area contributed by atoms with E-state index in [1.54, 1.807) is 11.3 Å². The highest BCUT2D eigenvalue weighted by Gasteiger charge is 2.19. The van der Waals surface area contributed by atoms with E-state index in [1.165, 1.54) is 53.3 Å². The van der Waals surface area contributed by atoms with Crippen LogP contribution in [0, 0.1) is 10.1 Å². The molecule has 0 atom stereocenters. The van der Waals surface area contributed by atoms with Gasteiger partial charge in [0.25, 0.3) is 5.69 Å². The molecule has 0 saturated carbocycles. The molecule has 3 rings (SSSR count). The summed E-state index contributed by atoms with van der Waals surface area (Å²) in [4.78, 5) is 24.2. The van der Waals surface area contributed by atoms with Crippen molar-refractivity contribution in [3.63, 3.8) is 0 Å². The van der Waals surface area contributed by atoms with Gasteiger partial charge in [0, 0.05) is 28.5 Å². The van der Waals surface area contributed by atoms with Crippen LogP contribution in [0.3, 0.4) is 0 Å². The number of ether oxygens (including phenoxy) is 1. The molecule has 2 heterocycles. The first-order chi connectivity index (χ1) is 13.1. The van der Waals surface area contributed by atoms with Gasteiger partial charge in [-0.25, -0.2) is 4.79 Å². The van der Waals surface area contributed by atoms with Gasteiger partial charge in [-0.2, -0.15) is 0 Å². The zero-order valence-corrected chi connectivity index (χ0v) is 16.5. The summed E-state index contributed by atoms with van der Waals surface area (Å²) in [5, 5.41) is 25.1. The van der Waals surface area contributed by atoms with E-state index in [2.05, 4.69) is 21.6 Å². The highest BCUT2D eigenvalue weighted by molar-refractivity contribution is 8.01. The number of nitrogens with one attached hydrogen (secondary N) is 1. The van der Waals surface area contributed by atoms with E-state index in [1.807, 2.05) is 11.4 Å². The van der Waals surface area contributed by atoms with Crippen molar-refractivity contribution in [3.8, 4) is 0 Å². The summed E-state index contributed by atoms with van der Waals surface area (Å²) in [6.45, 7) is 0.741. The van der Waals surface area contributed by atoms with E-state index in [0.29, 0.717) is 14.4 Å². The average Bonchev–Trinajstić information content (AvgIpc) is 3.33. The molecule has 27 heavy (non-hydrogen) atoms. The number of carbonyl (C=O) groups excluding carboxylic acids is 1. The van der Waals surface area contributed by atoms with Gasteiger partial charge in [0.15, 0.2) is 4.34 Å². The molecule has 11 heteroatoms. The fourth-order valence-electron chi connectivity index (χ4n) is 2.15. The number of benzene rings is 1. The molecule has 0 unspecified atom stereocenters. The number of methoxy groups -OCH3 is 1. The Balaban J connectivity index is 1.68. The van der Waals surface area contributed by atoms with Crippen LogP contribution in [0.2, 0.25) is 0 Å². The van der Waals surface area contributed by atoms with Crippen LogP contribution < -0.4 is 5.32 Å². The van der Waals surface area contributed by atoms with Crippen LogP contribution in [0.25, 0.3) is 0 Å². The Hall–Kier alpha value is -2.50. The number of rotatable bonds is 8. The van der Waals surface area contributed by atoms with Crippen molar-refractivity contribution in [3.05, 3.63) is 56.3 Å². The number of anilines is 1. The Kier molecular flexibility index (Phi) is 6.37. The normalized spacial score (nSPS) is 10.6. The van der Waals surface area contributed by atoms with Crippen molar-refractivity contribution in [1.82, 2.24) is 10.2 Å². The standard InChI is InChI=1S/C16H14N4O4S3/c1-24-14(21)12-9-10(20(22)23)4-5-13(12)26-16-19-18-15(27-16)17-7-6-11-3-2-8-25-11/h2-5,8-9H,6-7H2,1H3,(H,17,18). The van der Waals surface area contributed by atoms with Crippen LogP contribution in [-0.2, 0) is 11.2 Å². The minimum atomic E-state index is -0.639. The third-order valence-electron chi connectivity index (χ3n) is 3.41. The molecular weight excluding hydrogens is 408 g/mol. The van der Waals surface area contributed by atoms with Crippen LogP contribution in [0.1, 0.15) is 15.2 Å². The van der Waals surface area contributed by atoms with Crippen LogP contribution in [-0.4, -0.2) is 34.7 Å². The highest BCUT2D eigenvalue weighted by atomic mass is 32.2. The molecule has 0 fully saturated rings. The molecule has 0 aliphatic heterocycles. The zero-order chi connectivity index (χ0) is 19.2. The van der Waals surface area contributed by atoms with Gasteiger partial charge in [-0.3, -0.25) is 10.1 Å². The summed E-state index contributed by atoms with van der Waals surface area (Å²) in [6.07, 6.45) is 0.897. The number of hydrogen-bond donors (Lipinski definition) is 1. The molecule has 0 bridgehead atoms. The van der Waals surface area contributed by atoms with Crippen molar-refractivity contribution < 1.29 is 14.5 Å². The number of nitrogens with zero attached hydrogens (tertiary/aromatic N) is 3. The summed E-state index contributed by atoms with van der Waals surface area (Å²) < 4.78 is 5.34. The summed E-state index contributed by atoms with van der Waals surface area (Å²) >= 11 is 4.27. The third-order valence-corrected chi connectivity index (χ3v) is 6.35. The van der Waals surface area contributed by atoms with Crippen LogP contribution in [0.15, 0.2) is 44.9 Å². The Labute approximate surface area is 166 Å². The smallest absolute Gasteiger partial charge is 0.339 e. The fraction of sp³-hybridized carbons (Fsp3) is 0.188. The van der Waals surface area contributed by atoms with Crippen LogP contribution in [0.4, 0.5) is 10.8 Å². The molecule has 2 aromatic heterocycles. The van der Waals surface area contributed by atoms with Crippen LogP contribution >= 0.6 is 34.4 Å². The molecular formula is C16H14N4O4S3. The summed E-state index contributed by atoms with van der Waals surface area (Å²) in [5.74, 6) is -0.639. The second kappa shape index (κ2) is 8.93. The molecule has 1 N–H and O–H groups in total. The zero-order valence-electron chi connectivity index (χ0n) is 14.1. The van der Waals surface area contributed by atoms with E-state index in [0.717, 1.165) is 13.0 Å². The minimum Gasteiger partial charge on any atom is -0.465 e. The first-order valence-corrected chi connectivity index (χ1v) is 10.2. The Morgan fingerprint density at radius 2 is 2.22 bits per heavy atom. The lowest BCUT2D eigenvalue weighted by Gasteiger charge is -2.05. The molecule has 3 aromatic rings. The molecule has 0 aliphatic carbocycles. The van der Waals surface area contributed by atoms with Gasteiger partial charge in [0.2, 0.25) is 5.13 Å². The first-order valence-electron chi connectivity index (χ1n) is 7.71. The Morgan fingerprint density at radius 1 is 1.37 bits per heavy atom. The predicted octanol–water partition coefficient (Wildman–Crippen LogP) is 4.10. The summed E-state index contributed by atoms with van der Waals surface area (Å²) in [7, 11) is 1.23. The van der Waals surface area contributed by atoms with Gasteiger partial charge in [0.1, 0.15) is 0 Å². The van der Waals surface area contributed by atoms with Gasteiger partial charge < -0.3 is 10.1 Å². The van der Waals surface area contributed by atoms with Crippen molar-refractivity contribution in [2.45, 2.75) is 15.7 Å². The topological polar surface area (TPSA) is 107 Å². The Bertz CT molecular complexity index is 943. The number of thiophene rings is 1. The third kappa shape index (κ3) is 5.02. The van der Waals surface area contributed by atoms with Gasteiger partial charge >= 0.3 is 5.97 Å². The van der Waals surface area contributed by atoms with Gasteiger partial charge in [0.05, 0.1) is 17.6 Å². The quantitative estimate of drug-likeness (QED) is 0.328. The van der Waals surface area contributed by atoms with Crippen molar-refractivity contribution in [2.24, 2.45) is 0 Å². The first kappa shape index (κ1) is 19.3. The maximum Gasteiger partial charge on any atom is 0.339 e. The molecule has 8 nitrogen and oxygen atoms in total. The maximum absolute atomic E-state index is 12.0. The van der Waals surface area contributed by atoms with E-state index >= 15 is 0 Å². The lowest BCUT2D eigenvalue weighted by molar-refractivity contribution is -0.384. The van der Waals surface area contributed by atoms with Crippen molar-refractivity contribution in [2.75, 3.05) is 19.0 Å². The van der Waals surface area contributed by atoms with Crippen molar-refractivity contribution in [1.29, 1.82) is 0 Å². The lowest BCUT2D eigenvalue weighted by atomic mass is 10.2. The van der Waals surface area contributed by atoms with E-state index in [-0.39, 0.29) is 11.3 Å². The number of esters is 1. The van der Waals surface area contributed by atoms with Gasteiger partial charge in [-0.05, 0) is 23.9 Å². The number of nitro groups is 1. The highest BCUT2D eigenvalue weighted by Crippen LogP contribution is 2.35. The number of hydrogen-bond acceptors (Lipinski definition) is 10. The second-order valence-electron chi connectivity index (χ2n) is 5.16. The molecule has 0 aliphatic rings. The molecule has 0 radical (unpaired) electrons. The van der Waals surface area contributed by atoms with E-state index in [4.69, 9.17) is 4.74 Å². The SMILES string of the molecule is COC(=O)c1cc([N+](=O)[O-])ccc1Sc1nnc(NCCc2cccs2)s1. The van der Waals surface area contributed by atoms with Crippen LogP contribution in [0.5, 0.6) is 0 Å². The second-order valence-corrected chi connectivity index (χ2v) is 8.46. The summed E-state index contributed by atoms with van der Waals surface area (Å²) in [5.41, 5.74) is -0.0490. The van der Waals surface area contributed by atoms with E-state index < -0.39 is 10.9 Å².